The predicted molar refractivity (Wildman–Crippen MR) is 110 cm³/mol. The molecule has 0 aliphatic carbocycles. The van der Waals surface area contributed by atoms with E-state index in [1.807, 2.05) is 89.2 Å². The van der Waals surface area contributed by atoms with E-state index in [0.29, 0.717) is 0 Å². The number of carbonyl (C=O) groups excluding carboxylic acids is 1. The molecule has 28 heavy (non-hydrogen) atoms. The number of nitrogens with one attached hydrogen (secondary N) is 1. The van der Waals surface area contributed by atoms with Crippen molar-refractivity contribution in [3.05, 3.63) is 65.7 Å². The van der Waals surface area contributed by atoms with Crippen LogP contribution in [0.15, 0.2) is 54.6 Å². The molecule has 1 aliphatic rings. The van der Waals surface area contributed by atoms with Crippen molar-refractivity contribution in [2.45, 2.75) is 58.5 Å². The minimum Gasteiger partial charge on any atom is -0.445 e. The van der Waals surface area contributed by atoms with Crippen LogP contribution in [0.1, 0.15) is 51.8 Å². The van der Waals surface area contributed by atoms with E-state index in [-0.39, 0.29) is 23.9 Å². The summed E-state index contributed by atoms with van der Waals surface area (Å²) in [6, 6.07) is 17.3. The van der Waals surface area contributed by atoms with Crippen molar-refractivity contribution in [1.82, 2.24) is 5.32 Å². The Morgan fingerprint density at radius 1 is 1.00 bits per heavy atom. The molecule has 0 aromatic heterocycles. The fourth-order valence-corrected chi connectivity index (χ4v) is 2.95. The van der Waals surface area contributed by atoms with E-state index in [2.05, 4.69) is 5.32 Å². The monoisotopic (exact) mass is 381 g/mol. The van der Waals surface area contributed by atoms with Gasteiger partial charge < -0.3 is 19.4 Å². The highest BCUT2D eigenvalue weighted by Crippen LogP contribution is 2.36. The largest absolute Gasteiger partial charge is 0.494 e. The smallest absolute Gasteiger partial charge is 0.445 e. The summed E-state index contributed by atoms with van der Waals surface area (Å²) < 4.78 is 17.4. The number of rotatable bonds is 5. The molecular formula is C22H28BNO4. The third-order valence-corrected chi connectivity index (χ3v) is 5.51. The molecule has 0 bridgehead atoms. The van der Waals surface area contributed by atoms with Crippen molar-refractivity contribution in [2.75, 3.05) is 0 Å². The molecule has 0 unspecified atom stereocenters. The molecule has 3 rings (SSSR count). The quantitative estimate of drug-likeness (QED) is 0.797. The molecule has 1 N–H and O–H groups in total. The number of carbonyl (C=O) groups is 1. The molecule has 5 nitrogen and oxygen atoms in total. The molecule has 1 amide bonds. The lowest BCUT2D eigenvalue weighted by Crippen LogP contribution is -2.41. The van der Waals surface area contributed by atoms with Crippen molar-refractivity contribution in [3.63, 3.8) is 0 Å². The maximum absolute atomic E-state index is 12.0. The second-order valence-corrected chi connectivity index (χ2v) is 8.18. The van der Waals surface area contributed by atoms with E-state index in [4.69, 9.17) is 14.0 Å². The van der Waals surface area contributed by atoms with E-state index >= 15 is 0 Å². The highest BCUT2D eigenvalue weighted by atomic mass is 16.7. The number of benzene rings is 2. The lowest BCUT2D eigenvalue weighted by atomic mass is 9.78. The molecule has 0 spiro atoms. The Morgan fingerprint density at radius 2 is 1.57 bits per heavy atom. The van der Waals surface area contributed by atoms with Gasteiger partial charge in [0, 0.05) is 0 Å². The van der Waals surface area contributed by atoms with Crippen LogP contribution in [0.25, 0.3) is 0 Å². The van der Waals surface area contributed by atoms with Gasteiger partial charge in [0.05, 0.1) is 17.2 Å². The van der Waals surface area contributed by atoms with Crippen LogP contribution in [-0.2, 0) is 20.7 Å². The standard InChI is InChI=1S/C22H28BNO4/c1-16(24-20(25)26-15-17-9-7-6-8-10-17)18-11-13-19(14-12-18)23-27-21(2,3)22(4,5)28-23/h6-14,16H,15H2,1-5H3,(H,24,25)/t16-/m0/s1. The predicted octanol–water partition coefficient (Wildman–Crippen LogP) is 3.97. The summed E-state index contributed by atoms with van der Waals surface area (Å²) in [5, 5.41) is 2.86. The lowest BCUT2D eigenvalue weighted by molar-refractivity contribution is 0.00578. The highest BCUT2D eigenvalue weighted by Gasteiger charge is 2.51. The van der Waals surface area contributed by atoms with Gasteiger partial charge >= 0.3 is 13.2 Å². The third kappa shape index (κ3) is 4.57. The molecule has 0 radical (unpaired) electrons. The molecule has 1 heterocycles. The van der Waals surface area contributed by atoms with E-state index in [0.717, 1.165) is 16.6 Å². The van der Waals surface area contributed by atoms with Gasteiger partial charge in [-0.2, -0.15) is 0 Å². The Morgan fingerprint density at radius 3 is 2.14 bits per heavy atom. The van der Waals surface area contributed by atoms with Crippen LogP contribution < -0.4 is 10.8 Å². The van der Waals surface area contributed by atoms with Crippen LogP contribution in [0.5, 0.6) is 0 Å². The minimum atomic E-state index is -0.439. The van der Waals surface area contributed by atoms with Crippen molar-refractivity contribution >= 4 is 18.7 Å². The summed E-state index contributed by atoms with van der Waals surface area (Å²) in [4.78, 5) is 12.0. The molecule has 0 saturated carbocycles. The molecule has 1 atom stereocenters. The fraction of sp³-hybridized carbons (Fsp3) is 0.409. The van der Waals surface area contributed by atoms with Crippen LogP contribution in [0.3, 0.4) is 0 Å². The lowest BCUT2D eigenvalue weighted by Gasteiger charge is -2.32. The van der Waals surface area contributed by atoms with E-state index in [1.165, 1.54) is 0 Å². The molecule has 6 heteroatoms. The van der Waals surface area contributed by atoms with Gasteiger partial charge in [-0.25, -0.2) is 4.79 Å². The number of ether oxygens (including phenoxy) is 1. The van der Waals surface area contributed by atoms with Gasteiger partial charge in [-0.15, -0.1) is 0 Å². The zero-order valence-electron chi connectivity index (χ0n) is 17.2. The van der Waals surface area contributed by atoms with Crippen molar-refractivity contribution in [1.29, 1.82) is 0 Å². The molecule has 148 valence electrons. The molecule has 1 aliphatic heterocycles. The highest BCUT2D eigenvalue weighted by molar-refractivity contribution is 6.62. The number of amides is 1. The van der Waals surface area contributed by atoms with E-state index < -0.39 is 13.2 Å². The summed E-state index contributed by atoms with van der Waals surface area (Å²) in [5.74, 6) is 0. The van der Waals surface area contributed by atoms with Crippen LogP contribution >= 0.6 is 0 Å². The first kappa shape index (κ1) is 20.4. The SMILES string of the molecule is C[C@H](NC(=O)OCc1ccccc1)c1ccc(B2OC(C)(C)C(C)(C)O2)cc1. The fourth-order valence-electron chi connectivity index (χ4n) is 2.95. The third-order valence-electron chi connectivity index (χ3n) is 5.51. The van der Waals surface area contributed by atoms with Crippen molar-refractivity contribution < 1.29 is 18.8 Å². The van der Waals surface area contributed by atoms with Gasteiger partial charge in [0.25, 0.3) is 0 Å². The summed E-state index contributed by atoms with van der Waals surface area (Å²) in [5.41, 5.74) is 2.16. The Balaban J connectivity index is 1.55. The maximum atomic E-state index is 12.0. The zero-order chi connectivity index (χ0) is 20.4. The molecule has 2 aromatic rings. The Kier molecular flexibility index (Phi) is 5.82. The number of hydrogen-bond acceptors (Lipinski definition) is 4. The van der Waals surface area contributed by atoms with Gasteiger partial charge in [-0.1, -0.05) is 54.6 Å². The summed E-state index contributed by atoms with van der Waals surface area (Å²) >= 11 is 0. The van der Waals surface area contributed by atoms with Gasteiger partial charge in [0.2, 0.25) is 0 Å². The first-order chi connectivity index (χ1) is 13.2. The van der Waals surface area contributed by atoms with Crippen LogP contribution in [0.2, 0.25) is 0 Å². The Hall–Kier alpha value is -2.31. The van der Waals surface area contributed by atoms with E-state index in [9.17, 15) is 4.79 Å². The molecule has 1 saturated heterocycles. The van der Waals surface area contributed by atoms with Gasteiger partial charge in [0.1, 0.15) is 6.61 Å². The molecule has 2 aromatic carbocycles. The van der Waals surface area contributed by atoms with Gasteiger partial charge in [-0.3, -0.25) is 0 Å². The maximum Gasteiger partial charge on any atom is 0.494 e. The first-order valence-corrected chi connectivity index (χ1v) is 9.61. The Labute approximate surface area is 167 Å². The average Bonchev–Trinajstić information content (AvgIpc) is 2.88. The molecule has 1 fully saturated rings. The van der Waals surface area contributed by atoms with Crippen molar-refractivity contribution in [3.8, 4) is 0 Å². The normalized spacial score (nSPS) is 18.5. The minimum absolute atomic E-state index is 0.171. The van der Waals surface area contributed by atoms with Crippen molar-refractivity contribution in [2.24, 2.45) is 0 Å². The summed E-state index contributed by atoms with van der Waals surface area (Å²) in [6.45, 7) is 10.3. The summed E-state index contributed by atoms with van der Waals surface area (Å²) in [6.07, 6.45) is -0.439. The van der Waals surface area contributed by atoms with E-state index in [1.54, 1.807) is 0 Å². The van der Waals surface area contributed by atoms with Crippen LogP contribution in [0, 0.1) is 0 Å². The number of hydrogen-bond donors (Lipinski definition) is 1. The second-order valence-electron chi connectivity index (χ2n) is 8.18. The second kappa shape index (κ2) is 7.98. The van der Waals surface area contributed by atoms with Gasteiger partial charge in [-0.05, 0) is 51.2 Å². The zero-order valence-corrected chi connectivity index (χ0v) is 17.2. The topological polar surface area (TPSA) is 56.8 Å². The van der Waals surface area contributed by atoms with Crippen LogP contribution in [0.4, 0.5) is 4.79 Å². The van der Waals surface area contributed by atoms with Gasteiger partial charge in [0.15, 0.2) is 0 Å². The number of alkyl carbamates (subject to hydrolysis) is 1. The molecular weight excluding hydrogens is 353 g/mol. The average molecular weight is 381 g/mol. The summed E-state index contributed by atoms with van der Waals surface area (Å²) in [7, 11) is -0.391. The first-order valence-electron chi connectivity index (χ1n) is 9.61. The van der Waals surface area contributed by atoms with Crippen LogP contribution in [-0.4, -0.2) is 24.4 Å². The Bertz CT molecular complexity index is 789.